The van der Waals surface area contributed by atoms with E-state index in [-0.39, 0.29) is 11.5 Å². The number of hydrogen-bond donors (Lipinski definition) is 2. The lowest BCUT2D eigenvalue weighted by molar-refractivity contribution is -0.119. The molecule has 0 saturated carbocycles. The number of nitrogens with one attached hydrogen (secondary N) is 1. The summed E-state index contributed by atoms with van der Waals surface area (Å²) in [5.41, 5.74) is 3.22. The zero-order chi connectivity index (χ0) is 20.4. The van der Waals surface area contributed by atoms with Crippen LogP contribution in [0.2, 0.25) is 5.02 Å². The second kappa shape index (κ2) is 7.85. The number of anilines is 1. The Bertz CT molecular complexity index is 1020. The number of nitrogens with zero attached hydrogens (tertiary/aromatic N) is 4. The molecule has 1 unspecified atom stereocenters. The van der Waals surface area contributed by atoms with Crippen LogP contribution in [0.1, 0.15) is 40.3 Å². The number of carboxylic acids is 1. The third-order valence-electron chi connectivity index (χ3n) is 4.50. The Morgan fingerprint density at radius 2 is 1.93 bits per heavy atom. The number of aryl methyl sites for hydroxylation is 1. The van der Waals surface area contributed by atoms with E-state index in [0.717, 1.165) is 11.3 Å². The smallest absolute Gasteiger partial charge is 0.338 e. The van der Waals surface area contributed by atoms with Gasteiger partial charge in [-0.2, -0.15) is 10.2 Å². The van der Waals surface area contributed by atoms with Gasteiger partial charge >= 0.3 is 5.97 Å². The number of carboxylic acid groups (broad SMARTS) is 1. The predicted octanol–water partition coefficient (Wildman–Crippen LogP) is 3.30. The molecule has 0 radical (unpaired) electrons. The summed E-state index contributed by atoms with van der Waals surface area (Å²) in [5.74, 6) is -1.40. The molecule has 0 saturated heterocycles. The lowest BCUT2D eigenvalue weighted by Crippen LogP contribution is -2.24. The van der Waals surface area contributed by atoms with Gasteiger partial charge in [-0.1, -0.05) is 23.7 Å². The molecule has 8 nitrogen and oxygen atoms in total. The Morgan fingerprint density at radius 3 is 2.54 bits per heavy atom. The molecule has 3 rings (SSSR count). The maximum Gasteiger partial charge on any atom is 0.338 e. The highest BCUT2D eigenvalue weighted by atomic mass is 35.5. The molecule has 3 aromatic rings. The highest BCUT2D eigenvalue weighted by molar-refractivity contribution is 6.30. The van der Waals surface area contributed by atoms with Crippen molar-refractivity contribution in [2.75, 3.05) is 5.32 Å². The third-order valence-corrected chi connectivity index (χ3v) is 4.75. The van der Waals surface area contributed by atoms with Crippen LogP contribution in [0.15, 0.2) is 36.7 Å². The predicted molar refractivity (Wildman–Crippen MR) is 105 cm³/mol. The number of aromatic nitrogens is 4. The van der Waals surface area contributed by atoms with Crippen molar-refractivity contribution in [3.05, 3.63) is 64.2 Å². The first-order valence-electron chi connectivity index (χ1n) is 8.63. The van der Waals surface area contributed by atoms with E-state index in [1.165, 1.54) is 17.1 Å². The summed E-state index contributed by atoms with van der Waals surface area (Å²) in [4.78, 5) is 23.6. The SMILES string of the molecule is Cc1nn(Cc2ccc(Cl)cc2)c(C)c1NC(=O)C(C)n1cc(C(=O)O)cn1. The van der Waals surface area contributed by atoms with Crippen LogP contribution in [0, 0.1) is 13.8 Å². The summed E-state index contributed by atoms with van der Waals surface area (Å²) in [7, 11) is 0. The molecule has 1 atom stereocenters. The van der Waals surface area contributed by atoms with Crippen molar-refractivity contribution in [1.82, 2.24) is 19.6 Å². The van der Waals surface area contributed by atoms with Gasteiger partial charge in [0.25, 0.3) is 0 Å². The molecule has 0 bridgehead atoms. The zero-order valence-corrected chi connectivity index (χ0v) is 16.4. The summed E-state index contributed by atoms with van der Waals surface area (Å²) < 4.78 is 3.14. The molecule has 9 heteroatoms. The van der Waals surface area contributed by atoms with Gasteiger partial charge in [-0.3, -0.25) is 14.2 Å². The maximum absolute atomic E-state index is 12.6. The Morgan fingerprint density at radius 1 is 1.25 bits per heavy atom. The Kier molecular flexibility index (Phi) is 5.51. The van der Waals surface area contributed by atoms with Gasteiger partial charge in [0, 0.05) is 11.2 Å². The minimum Gasteiger partial charge on any atom is -0.478 e. The molecule has 0 aliphatic rings. The standard InChI is InChI=1S/C19H20ClN5O3/c1-11-17(12(2)25(23-11)9-14-4-6-16(20)7-5-14)22-18(26)13(3)24-10-15(8-21-24)19(27)28/h4-8,10,13H,9H2,1-3H3,(H,22,26)(H,27,28). The number of rotatable bonds is 6. The van der Waals surface area contributed by atoms with Gasteiger partial charge in [-0.25, -0.2) is 4.79 Å². The number of benzene rings is 1. The topological polar surface area (TPSA) is 102 Å². The van der Waals surface area contributed by atoms with E-state index in [0.29, 0.717) is 22.9 Å². The highest BCUT2D eigenvalue weighted by Crippen LogP contribution is 2.22. The number of carbonyl (C=O) groups excluding carboxylic acids is 1. The third kappa shape index (κ3) is 4.07. The van der Waals surface area contributed by atoms with Gasteiger partial charge in [-0.15, -0.1) is 0 Å². The molecule has 0 spiro atoms. The van der Waals surface area contributed by atoms with Crippen LogP contribution < -0.4 is 5.32 Å². The molecular weight excluding hydrogens is 382 g/mol. The van der Waals surface area contributed by atoms with Gasteiger partial charge in [0.1, 0.15) is 6.04 Å². The van der Waals surface area contributed by atoms with Crippen LogP contribution in [0.3, 0.4) is 0 Å². The molecule has 1 aromatic carbocycles. The van der Waals surface area contributed by atoms with Crippen molar-refractivity contribution in [1.29, 1.82) is 0 Å². The van der Waals surface area contributed by atoms with Crippen molar-refractivity contribution in [2.45, 2.75) is 33.4 Å². The van der Waals surface area contributed by atoms with Crippen LogP contribution in [-0.4, -0.2) is 36.5 Å². The molecule has 0 fully saturated rings. The van der Waals surface area contributed by atoms with Gasteiger partial charge in [-0.05, 0) is 38.5 Å². The van der Waals surface area contributed by atoms with Crippen LogP contribution in [0.25, 0.3) is 0 Å². The van der Waals surface area contributed by atoms with E-state index in [9.17, 15) is 9.59 Å². The molecule has 28 heavy (non-hydrogen) atoms. The van der Waals surface area contributed by atoms with E-state index < -0.39 is 12.0 Å². The van der Waals surface area contributed by atoms with Crippen molar-refractivity contribution in [3.8, 4) is 0 Å². The first-order valence-corrected chi connectivity index (χ1v) is 9.01. The number of hydrogen-bond acceptors (Lipinski definition) is 4. The first-order chi connectivity index (χ1) is 13.3. The Labute approximate surface area is 166 Å². The van der Waals surface area contributed by atoms with Crippen LogP contribution in [-0.2, 0) is 11.3 Å². The summed E-state index contributed by atoms with van der Waals surface area (Å²) >= 11 is 5.92. The monoisotopic (exact) mass is 401 g/mol. The summed E-state index contributed by atoms with van der Waals surface area (Å²) in [6.45, 7) is 5.90. The second-order valence-electron chi connectivity index (χ2n) is 6.51. The van der Waals surface area contributed by atoms with Crippen LogP contribution >= 0.6 is 11.6 Å². The van der Waals surface area contributed by atoms with Gasteiger partial charge < -0.3 is 10.4 Å². The van der Waals surface area contributed by atoms with E-state index in [1.807, 2.05) is 42.8 Å². The fourth-order valence-electron chi connectivity index (χ4n) is 2.80. The summed E-state index contributed by atoms with van der Waals surface area (Å²) in [5, 5.41) is 21.0. The number of aromatic carboxylic acids is 1. The van der Waals surface area contributed by atoms with Gasteiger partial charge in [0.05, 0.1) is 35.4 Å². The minimum absolute atomic E-state index is 0.0304. The van der Waals surface area contributed by atoms with Crippen LogP contribution in [0.5, 0.6) is 0 Å². The zero-order valence-electron chi connectivity index (χ0n) is 15.7. The Hall–Kier alpha value is -3.13. The second-order valence-corrected chi connectivity index (χ2v) is 6.95. The first kappa shape index (κ1) is 19.6. The average Bonchev–Trinajstić information content (AvgIpc) is 3.24. The highest BCUT2D eigenvalue weighted by Gasteiger charge is 2.21. The number of halogens is 1. The molecule has 146 valence electrons. The van der Waals surface area contributed by atoms with E-state index >= 15 is 0 Å². The minimum atomic E-state index is -1.09. The lowest BCUT2D eigenvalue weighted by atomic mass is 10.2. The molecule has 0 aliphatic heterocycles. The molecular formula is C19H20ClN5O3. The maximum atomic E-state index is 12.6. The van der Waals surface area contributed by atoms with Crippen molar-refractivity contribution in [3.63, 3.8) is 0 Å². The lowest BCUT2D eigenvalue weighted by Gasteiger charge is -2.13. The fourth-order valence-corrected chi connectivity index (χ4v) is 2.93. The van der Waals surface area contributed by atoms with E-state index in [4.69, 9.17) is 16.7 Å². The van der Waals surface area contributed by atoms with Crippen molar-refractivity contribution >= 4 is 29.2 Å². The van der Waals surface area contributed by atoms with Gasteiger partial charge in [0.2, 0.25) is 5.91 Å². The van der Waals surface area contributed by atoms with Crippen molar-refractivity contribution < 1.29 is 14.7 Å². The largest absolute Gasteiger partial charge is 0.478 e. The number of amides is 1. The van der Waals surface area contributed by atoms with Crippen molar-refractivity contribution in [2.24, 2.45) is 0 Å². The molecule has 0 aliphatic carbocycles. The van der Waals surface area contributed by atoms with E-state index in [1.54, 1.807) is 6.92 Å². The molecule has 2 N–H and O–H groups in total. The molecule has 2 aromatic heterocycles. The summed E-state index contributed by atoms with van der Waals surface area (Å²) in [6.07, 6.45) is 2.54. The average molecular weight is 402 g/mol. The quantitative estimate of drug-likeness (QED) is 0.659. The fraction of sp³-hybridized carbons (Fsp3) is 0.263. The van der Waals surface area contributed by atoms with Gasteiger partial charge in [0.15, 0.2) is 0 Å². The number of carbonyl (C=O) groups is 2. The Balaban J connectivity index is 1.76. The summed E-state index contributed by atoms with van der Waals surface area (Å²) in [6, 6.07) is 6.82. The molecule has 1 amide bonds. The molecule has 2 heterocycles. The normalized spacial score (nSPS) is 12.0. The van der Waals surface area contributed by atoms with Crippen LogP contribution in [0.4, 0.5) is 5.69 Å². The van der Waals surface area contributed by atoms with E-state index in [2.05, 4.69) is 15.5 Å².